The van der Waals surface area contributed by atoms with Crippen LogP contribution in [0.4, 0.5) is 0 Å². The molecular weight excluding hydrogens is 502 g/mol. The molecule has 1 heterocycles. The third-order valence-corrected chi connectivity index (χ3v) is 5.57. The summed E-state index contributed by atoms with van der Waals surface area (Å²) in [5.41, 5.74) is 0.845. The lowest BCUT2D eigenvalue weighted by Crippen LogP contribution is -2.23. The Morgan fingerprint density at radius 3 is 2.78 bits per heavy atom. The Morgan fingerprint density at radius 1 is 1.38 bits per heavy atom. The second kappa shape index (κ2) is 10.1. The van der Waals surface area contributed by atoms with E-state index < -0.39 is 12.6 Å². The quantitative estimate of drug-likeness (QED) is 0.431. The monoisotopic (exact) mass is 521 g/mol. The fourth-order valence-electron chi connectivity index (χ4n) is 2.99. The number of aliphatic carboxylic acids is 1. The van der Waals surface area contributed by atoms with Gasteiger partial charge >= 0.3 is 5.97 Å². The highest BCUT2D eigenvalue weighted by atomic mass is 79.9. The molecule has 0 saturated heterocycles. The number of aromatic nitrogens is 2. The zero-order chi connectivity index (χ0) is 23.4. The number of hydrogen-bond donors (Lipinski definition) is 1. The predicted molar refractivity (Wildman–Crippen MR) is 127 cm³/mol. The van der Waals surface area contributed by atoms with Crippen molar-refractivity contribution in [1.82, 2.24) is 9.66 Å². The number of halogens is 2. The molecule has 0 aliphatic rings. The number of benzene rings is 2. The highest BCUT2D eigenvalue weighted by molar-refractivity contribution is 9.10. The maximum Gasteiger partial charge on any atom is 0.341 e. The van der Waals surface area contributed by atoms with Crippen LogP contribution in [0.2, 0.25) is 5.02 Å². The highest BCUT2D eigenvalue weighted by Crippen LogP contribution is 2.36. The number of nitrogens with zero attached hydrogens (tertiary/aromatic N) is 3. The fraction of sp³-hybridized carbons (Fsp3) is 0.273. The second-order valence-electron chi connectivity index (χ2n) is 7.02. The van der Waals surface area contributed by atoms with Crippen LogP contribution in [-0.4, -0.2) is 40.7 Å². The fourth-order valence-corrected chi connectivity index (χ4v) is 3.63. The lowest BCUT2D eigenvalue weighted by molar-refractivity contribution is -0.139. The van der Waals surface area contributed by atoms with Crippen LogP contribution in [-0.2, 0) is 4.79 Å². The van der Waals surface area contributed by atoms with Crippen LogP contribution in [0.5, 0.6) is 11.5 Å². The Hall–Kier alpha value is -2.91. The molecular formula is C22H21BrClN3O5. The van der Waals surface area contributed by atoms with E-state index in [0.29, 0.717) is 22.3 Å². The van der Waals surface area contributed by atoms with E-state index in [4.69, 9.17) is 26.2 Å². The third kappa shape index (κ3) is 5.11. The van der Waals surface area contributed by atoms with Gasteiger partial charge in [0.1, 0.15) is 5.82 Å². The van der Waals surface area contributed by atoms with Gasteiger partial charge in [-0.25, -0.2) is 9.78 Å². The van der Waals surface area contributed by atoms with Crippen LogP contribution in [0, 0.1) is 0 Å². The summed E-state index contributed by atoms with van der Waals surface area (Å²) in [5.74, 6) is -0.235. The minimum atomic E-state index is -1.14. The van der Waals surface area contributed by atoms with Gasteiger partial charge in [-0.05, 0) is 42.3 Å². The number of hydrogen-bond acceptors (Lipinski definition) is 6. The van der Waals surface area contributed by atoms with Gasteiger partial charge in [0.2, 0.25) is 0 Å². The van der Waals surface area contributed by atoms with Crippen LogP contribution in [0.25, 0.3) is 10.9 Å². The molecule has 2 aromatic carbocycles. The lowest BCUT2D eigenvalue weighted by Gasteiger charge is -2.14. The van der Waals surface area contributed by atoms with Crippen molar-refractivity contribution in [2.75, 3.05) is 13.7 Å². The molecule has 0 spiro atoms. The largest absolute Gasteiger partial charge is 0.493 e. The van der Waals surface area contributed by atoms with Crippen LogP contribution < -0.4 is 15.0 Å². The Balaban J connectivity index is 2.09. The van der Waals surface area contributed by atoms with Crippen molar-refractivity contribution in [3.05, 3.63) is 61.6 Å². The molecule has 10 heteroatoms. The zero-order valence-corrected chi connectivity index (χ0v) is 20.0. The number of ether oxygens (including phenoxy) is 2. The topological polar surface area (TPSA) is 103 Å². The van der Waals surface area contributed by atoms with Gasteiger partial charge in [0.25, 0.3) is 5.56 Å². The second-order valence-corrected chi connectivity index (χ2v) is 8.34. The molecule has 0 amide bonds. The Morgan fingerprint density at radius 2 is 2.12 bits per heavy atom. The summed E-state index contributed by atoms with van der Waals surface area (Å²) in [6.07, 6.45) is 2.24. The van der Waals surface area contributed by atoms with Gasteiger partial charge in [-0.15, -0.1) is 0 Å². The van der Waals surface area contributed by atoms with E-state index in [2.05, 4.69) is 26.0 Å². The van der Waals surface area contributed by atoms with Crippen LogP contribution in [0.1, 0.15) is 37.6 Å². The Kier molecular flexibility index (Phi) is 7.52. The van der Waals surface area contributed by atoms with E-state index in [0.717, 1.165) is 10.9 Å². The van der Waals surface area contributed by atoms with Gasteiger partial charge < -0.3 is 14.6 Å². The van der Waals surface area contributed by atoms with E-state index in [9.17, 15) is 9.59 Å². The molecule has 0 saturated carbocycles. The molecule has 0 fully saturated rings. The van der Waals surface area contributed by atoms with Gasteiger partial charge in [0, 0.05) is 10.4 Å². The maximum absolute atomic E-state index is 13.2. The summed E-state index contributed by atoms with van der Waals surface area (Å²) in [7, 11) is 1.41. The molecule has 1 N–H and O–H groups in total. The highest BCUT2D eigenvalue weighted by Gasteiger charge is 2.16. The molecule has 3 aromatic rings. The molecule has 0 aliphatic heterocycles. The number of carbonyl (C=O) groups is 1. The summed E-state index contributed by atoms with van der Waals surface area (Å²) in [5, 5.41) is 13.8. The van der Waals surface area contributed by atoms with E-state index in [1.165, 1.54) is 18.0 Å². The van der Waals surface area contributed by atoms with E-state index in [-0.39, 0.29) is 28.0 Å². The summed E-state index contributed by atoms with van der Waals surface area (Å²) in [6, 6.07) is 8.48. The zero-order valence-electron chi connectivity index (χ0n) is 17.6. The van der Waals surface area contributed by atoms with Crippen molar-refractivity contribution in [3.63, 3.8) is 0 Å². The molecule has 1 atom stereocenters. The predicted octanol–water partition coefficient (Wildman–Crippen LogP) is 4.68. The van der Waals surface area contributed by atoms with E-state index in [1.54, 1.807) is 24.3 Å². The number of carboxylic acids is 1. The number of rotatable bonds is 8. The van der Waals surface area contributed by atoms with Crippen LogP contribution >= 0.6 is 27.5 Å². The molecule has 0 unspecified atom stereocenters. The number of fused-ring (bicyclic) bond motifs is 1. The van der Waals surface area contributed by atoms with E-state index in [1.807, 2.05) is 19.9 Å². The first-order valence-corrected chi connectivity index (χ1v) is 10.9. The smallest absolute Gasteiger partial charge is 0.341 e. The van der Waals surface area contributed by atoms with Crippen molar-refractivity contribution in [1.29, 1.82) is 0 Å². The van der Waals surface area contributed by atoms with Gasteiger partial charge in [-0.1, -0.05) is 41.4 Å². The molecule has 3 rings (SSSR count). The first-order chi connectivity index (χ1) is 15.2. The summed E-state index contributed by atoms with van der Waals surface area (Å²) < 4.78 is 12.5. The average Bonchev–Trinajstić information content (AvgIpc) is 2.76. The molecule has 8 nitrogen and oxygen atoms in total. The third-order valence-electron chi connectivity index (χ3n) is 4.80. The molecule has 168 valence electrons. The lowest BCUT2D eigenvalue weighted by atomic mass is 10.1. The molecule has 0 aliphatic carbocycles. The first kappa shape index (κ1) is 23.7. The van der Waals surface area contributed by atoms with E-state index >= 15 is 0 Å². The maximum atomic E-state index is 13.2. The molecule has 0 radical (unpaired) electrons. The number of methoxy groups -OCH3 is 1. The molecule has 32 heavy (non-hydrogen) atoms. The van der Waals surface area contributed by atoms with Crippen molar-refractivity contribution < 1.29 is 19.4 Å². The summed E-state index contributed by atoms with van der Waals surface area (Å²) in [6.45, 7) is 3.43. The minimum absolute atomic E-state index is 0.00202. The average molecular weight is 523 g/mol. The number of carboxylic acid groups (broad SMARTS) is 1. The van der Waals surface area contributed by atoms with Crippen molar-refractivity contribution in [2.24, 2.45) is 5.10 Å². The van der Waals surface area contributed by atoms with Crippen molar-refractivity contribution in [2.45, 2.75) is 26.2 Å². The first-order valence-electron chi connectivity index (χ1n) is 9.73. The Labute approximate surface area is 197 Å². The van der Waals surface area contributed by atoms with Gasteiger partial charge in [-0.3, -0.25) is 4.79 Å². The molecule has 0 bridgehead atoms. The van der Waals surface area contributed by atoms with Crippen LogP contribution in [0.3, 0.4) is 0 Å². The summed E-state index contributed by atoms with van der Waals surface area (Å²) >= 11 is 9.65. The van der Waals surface area contributed by atoms with Crippen molar-refractivity contribution in [3.8, 4) is 11.5 Å². The van der Waals surface area contributed by atoms with Gasteiger partial charge in [0.15, 0.2) is 18.1 Å². The Bertz CT molecular complexity index is 1260. The van der Waals surface area contributed by atoms with Crippen LogP contribution in [0.15, 0.2) is 44.7 Å². The van der Waals surface area contributed by atoms with Gasteiger partial charge in [0.05, 0.1) is 29.2 Å². The van der Waals surface area contributed by atoms with Gasteiger partial charge in [-0.2, -0.15) is 9.78 Å². The summed E-state index contributed by atoms with van der Waals surface area (Å²) in [4.78, 5) is 28.7. The normalized spacial score (nSPS) is 12.3. The minimum Gasteiger partial charge on any atom is -0.493 e. The van der Waals surface area contributed by atoms with Crippen molar-refractivity contribution >= 4 is 50.6 Å². The standard InChI is InChI=1S/C22H21BrClN3O5/c1-4-12(2)21-26-17-6-5-14(23)9-15(17)22(30)27(21)25-10-13-7-16(24)20(18(8-13)31-3)32-11-19(28)29/h5-10,12H,4,11H2,1-3H3,(H,28,29)/t12-/m0/s1. The molecule has 1 aromatic heterocycles. The SMILES string of the molecule is CC[C@H](C)c1nc2ccc(Br)cc2c(=O)n1N=Cc1cc(Cl)c(OCC(=O)O)c(OC)c1.